The highest BCUT2D eigenvalue weighted by Gasteiger charge is 2.54. The van der Waals surface area contributed by atoms with Gasteiger partial charge in [-0.2, -0.15) is 0 Å². The summed E-state index contributed by atoms with van der Waals surface area (Å²) in [6.07, 6.45) is -8.90. The number of likely N-dealkylation sites (N-methyl/N-ethyl adjacent to an activating group) is 2. The Hall–Kier alpha value is -1.83. The summed E-state index contributed by atoms with van der Waals surface area (Å²) in [5.74, 6) is -5.12. The smallest absolute Gasteiger partial charge is 0.311 e. The van der Waals surface area contributed by atoms with Crippen molar-refractivity contribution in [2.24, 2.45) is 23.7 Å². The lowest BCUT2D eigenvalue weighted by Gasteiger charge is -2.50. The van der Waals surface area contributed by atoms with E-state index in [1.807, 2.05) is 35.0 Å². The largest absolute Gasteiger partial charge is 0.459 e. The topological polar surface area (TPSA) is 192 Å². The molecule has 0 aromatic rings. The van der Waals surface area contributed by atoms with Crippen LogP contribution in [0.25, 0.3) is 0 Å². The highest BCUT2D eigenvalue weighted by molar-refractivity contribution is 5.83. The number of nitrogens with zero attached hydrogens (tertiary/aromatic N) is 2. The van der Waals surface area contributed by atoms with E-state index in [-0.39, 0.29) is 37.2 Å². The Balaban J connectivity index is 2.22. The first-order chi connectivity index (χ1) is 27.3. The minimum atomic E-state index is -1.99. The second-order valence-electron chi connectivity index (χ2n) is 18.5. The number of carbonyl (C=O) groups excluding carboxylic acids is 3. The Bertz CT molecular complexity index is 1390. The number of hydrogen-bond acceptors (Lipinski definition) is 16. The summed E-state index contributed by atoms with van der Waals surface area (Å²) in [5, 5.41) is 35.3. The lowest BCUT2D eigenvalue weighted by molar-refractivity contribution is -0.320. The normalized spacial score (nSPS) is 44.6. The van der Waals surface area contributed by atoms with Crippen LogP contribution in [-0.4, -0.2) is 176 Å². The molecule has 3 heterocycles. The molecule has 344 valence electrons. The lowest BCUT2D eigenvalue weighted by Crippen LogP contribution is -2.62. The molecule has 0 spiro atoms. The van der Waals surface area contributed by atoms with E-state index >= 15 is 0 Å². The molecule has 3 saturated heterocycles. The predicted octanol–water partition coefficient (Wildman–Crippen LogP) is 2.94. The van der Waals surface area contributed by atoms with E-state index in [1.165, 1.54) is 28.1 Å². The molecule has 0 aliphatic carbocycles. The Kier molecular flexibility index (Phi) is 18.4. The number of methoxy groups -OCH3 is 2. The third kappa shape index (κ3) is 12.0. The van der Waals surface area contributed by atoms with Crippen molar-refractivity contribution in [3.05, 3.63) is 0 Å². The summed E-state index contributed by atoms with van der Waals surface area (Å²) in [4.78, 5) is 44.8. The standard InChI is InChI=1S/C43H78N2O14/c1-17-31-43(11,51)36(49)25(4)33(47)23(2)21-41(9,52-15)37(59-40-34(48)30(20-24(3)54-40)45(14)19-18-44(12)13)26(5)35(27(6)39(50)57-31)58-32-22-42(10,53-16)38(28(7)55-32)56-29(8)46/h23-28,30-32,34-38,40,48-49,51H,17-22H2,1-16H3/t23-,24-,25+,26+,27-,28+,30+,31-,32+,34-,35+,36-,37-,38+,40+,41+,42-,43-/m1/s1. The fourth-order valence-corrected chi connectivity index (χ4v) is 9.42. The Morgan fingerprint density at radius 2 is 1.46 bits per heavy atom. The Morgan fingerprint density at radius 1 is 0.864 bits per heavy atom. The molecular formula is C43H78N2O14. The van der Waals surface area contributed by atoms with Gasteiger partial charge in [0.25, 0.3) is 0 Å². The zero-order chi connectivity index (χ0) is 44.9. The molecule has 16 heteroatoms. The molecule has 0 aromatic carbocycles. The molecule has 0 amide bonds. The van der Waals surface area contributed by atoms with Gasteiger partial charge in [-0.25, -0.2) is 0 Å². The maximum Gasteiger partial charge on any atom is 0.311 e. The van der Waals surface area contributed by atoms with Gasteiger partial charge in [0, 0.05) is 64.4 Å². The zero-order valence-corrected chi connectivity index (χ0v) is 38.6. The van der Waals surface area contributed by atoms with E-state index in [0.717, 1.165) is 6.54 Å². The molecule has 0 saturated carbocycles. The summed E-state index contributed by atoms with van der Waals surface area (Å²) >= 11 is 0. The first-order valence-corrected chi connectivity index (χ1v) is 21.3. The number of aliphatic hydroxyl groups is 3. The van der Waals surface area contributed by atoms with Crippen LogP contribution in [0.3, 0.4) is 0 Å². The molecule has 0 aromatic heterocycles. The highest BCUT2D eigenvalue weighted by atomic mass is 16.7. The maximum absolute atomic E-state index is 14.4. The van der Waals surface area contributed by atoms with Gasteiger partial charge in [-0.1, -0.05) is 27.7 Å². The minimum absolute atomic E-state index is 0.0899. The molecule has 3 fully saturated rings. The molecule has 3 aliphatic rings. The van der Waals surface area contributed by atoms with E-state index < -0.39 is 108 Å². The van der Waals surface area contributed by atoms with Gasteiger partial charge in [0.1, 0.15) is 29.2 Å². The predicted molar refractivity (Wildman–Crippen MR) is 218 cm³/mol. The quantitative estimate of drug-likeness (QED) is 0.243. The van der Waals surface area contributed by atoms with Crippen LogP contribution in [0, 0.1) is 23.7 Å². The summed E-state index contributed by atoms with van der Waals surface area (Å²) in [6.45, 7) is 19.9. The summed E-state index contributed by atoms with van der Waals surface area (Å²) < 4.78 is 50.5. The number of ketones is 1. The van der Waals surface area contributed by atoms with Gasteiger partial charge in [0.05, 0.1) is 42.0 Å². The van der Waals surface area contributed by atoms with Gasteiger partial charge >= 0.3 is 11.9 Å². The van der Waals surface area contributed by atoms with E-state index in [9.17, 15) is 29.7 Å². The molecule has 3 rings (SSSR count). The van der Waals surface area contributed by atoms with Crippen molar-refractivity contribution in [2.45, 2.75) is 186 Å². The average molecular weight is 847 g/mol. The Morgan fingerprint density at radius 3 is 2.00 bits per heavy atom. The number of rotatable bonds is 12. The van der Waals surface area contributed by atoms with Crippen molar-refractivity contribution < 1.29 is 67.6 Å². The van der Waals surface area contributed by atoms with Crippen LogP contribution in [0.5, 0.6) is 0 Å². The monoisotopic (exact) mass is 847 g/mol. The number of hydrogen-bond donors (Lipinski definition) is 3. The third-order valence-corrected chi connectivity index (χ3v) is 13.3. The summed E-state index contributed by atoms with van der Waals surface area (Å²) in [6, 6.07) is -0.317. The zero-order valence-electron chi connectivity index (χ0n) is 38.6. The molecule has 59 heavy (non-hydrogen) atoms. The summed E-state index contributed by atoms with van der Waals surface area (Å²) in [7, 11) is 8.96. The molecule has 16 nitrogen and oxygen atoms in total. The third-order valence-electron chi connectivity index (χ3n) is 13.3. The number of carbonyl (C=O) groups is 3. The van der Waals surface area contributed by atoms with Crippen molar-refractivity contribution >= 4 is 17.7 Å². The van der Waals surface area contributed by atoms with E-state index in [4.69, 9.17) is 37.9 Å². The first kappa shape index (κ1) is 51.5. The van der Waals surface area contributed by atoms with Crippen molar-refractivity contribution in [3.8, 4) is 0 Å². The van der Waals surface area contributed by atoms with E-state index in [1.54, 1.807) is 48.5 Å². The number of aliphatic hydroxyl groups excluding tert-OH is 2. The number of ether oxygens (including phenoxy) is 8. The van der Waals surface area contributed by atoms with Gasteiger partial charge in [0.15, 0.2) is 18.7 Å². The van der Waals surface area contributed by atoms with Gasteiger partial charge in [-0.3, -0.25) is 19.3 Å². The van der Waals surface area contributed by atoms with Gasteiger partial charge in [0.2, 0.25) is 0 Å². The number of Topliss-reactive ketones (excluding diaryl/α,β-unsaturated/α-hetero) is 1. The van der Waals surface area contributed by atoms with Crippen LogP contribution in [0.15, 0.2) is 0 Å². The van der Waals surface area contributed by atoms with Crippen LogP contribution in [0.4, 0.5) is 0 Å². The Labute approximate surface area is 352 Å². The van der Waals surface area contributed by atoms with Crippen molar-refractivity contribution in [2.75, 3.05) is 48.5 Å². The summed E-state index contributed by atoms with van der Waals surface area (Å²) in [5.41, 5.74) is -4.32. The number of cyclic esters (lactones) is 1. The fraction of sp³-hybridized carbons (Fsp3) is 0.930. The SMILES string of the molecule is CC[C@H]1OC(=O)[C@H](C)[C@@H](O[C@H]2C[C@@](C)(OC)[C@@H](OC(C)=O)[C@H](C)O2)[C@H](C)[C@@H](O[C@@H]2O[C@H](C)C[C@H](N(C)CCN(C)C)[C@H]2O)[C@@](C)(OC)C[C@@H](C)C(=O)[C@H](C)[C@@H](O)[C@]1(C)O. The van der Waals surface area contributed by atoms with Crippen molar-refractivity contribution in [1.29, 1.82) is 0 Å². The van der Waals surface area contributed by atoms with Gasteiger partial charge in [-0.05, 0) is 81.9 Å². The van der Waals surface area contributed by atoms with Gasteiger partial charge < -0.3 is 58.1 Å². The number of esters is 2. The first-order valence-electron chi connectivity index (χ1n) is 21.3. The molecule has 0 bridgehead atoms. The van der Waals surface area contributed by atoms with Crippen LogP contribution < -0.4 is 0 Å². The fourth-order valence-electron chi connectivity index (χ4n) is 9.42. The molecule has 0 unspecified atom stereocenters. The maximum atomic E-state index is 14.4. The van der Waals surface area contributed by atoms with E-state index in [2.05, 4.69) is 9.80 Å². The van der Waals surface area contributed by atoms with Crippen LogP contribution >= 0.6 is 0 Å². The minimum Gasteiger partial charge on any atom is -0.459 e. The van der Waals surface area contributed by atoms with E-state index in [0.29, 0.717) is 13.0 Å². The molecule has 3 N–H and O–H groups in total. The van der Waals surface area contributed by atoms with Gasteiger partial charge in [-0.15, -0.1) is 0 Å². The van der Waals surface area contributed by atoms with Crippen LogP contribution in [0.1, 0.15) is 102 Å². The molecular weight excluding hydrogens is 768 g/mol. The molecule has 3 aliphatic heterocycles. The van der Waals surface area contributed by atoms with Crippen LogP contribution in [0.2, 0.25) is 0 Å². The second-order valence-corrected chi connectivity index (χ2v) is 18.5. The average Bonchev–Trinajstić information content (AvgIpc) is 3.17. The lowest BCUT2D eigenvalue weighted by atomic mass is 9.74. The molecule has 0 radical (unpaired) electrons. The van der Waals surface area contributed by atoms with Crippen molar-refractivity contribution in [1.82, 2.24) is 9.80 Å². The van der Waals surface area contributed by atoms with Crippen LogP contribution in [-0.2, 0) is 52.3 Å². The highest BCUT2D eigenvalue weighted by Crippen LogP contribution is 2.42. The van der Waals surface area contributed by atoms with Crippen molar-refractivity contribution in [3.63, 3.8) is 0 Å². The second kappa shape index (κ2) is 21.0. The molecule has 18 atom stereocenters.